The molecule has 0 bridgehead atoms. The van der Waals surface area contributed by atoms with Crippen molar-refractivity contribution in [3.8, 4) is 16.9 Å². The molecule has 0 aliphatic carbocycles. The predicted octanol–water partition coefficient (Wildman–Crippen LogP) is 2.56. The van der Waals surface area contributed by atoms with Crippen LogP contribution in [0.4, 0.5) is 5.69 Å². The second kappa shape index (κ2) is 6.76. The van der Waals surface area contributed by atoms with E-state index in [-0.39, 0.29) is 5.91 Å². The minimum Gasteiger partial charge on any atom is -0.481 e. The van der Waals surface area contributed by atoms with Gasteiger partial charge in [-0.05, 0) is 42.3 Å². The van der Waals surface area contributed by atoms with Gasteiger partial charge in [-0.1, -0.05) is 24.3 Å². The summed E-state index contributed by atoms with van der Waals surface area (Å²) in [5.41, 5.74) is 7.77. The lowest BCUT2D eigenvalue weighted by Gasteiger charge is -2.12. The van der Waals surface area contributed by atoms with Crippen molar-refractivity contribution >= 4 is 17.5 Å². The molecule has 2 aromatic rings. The van der Waals surface area contributed by atoms with Gasteiger partial charge in [-0.15, -0.1) is 0 Å². The van der Waals surface area contributed by atoms with Gasteiger partial charge in [0.25, 0.3) is 5.91 Å². The second-order valence-electron chi connectivity index (χ2n) is 4.95. The van der Waals surface area contributed by atoms with Crippen LogP contribution in [0.3, 0.4) is 0 Å². The Kier molecular flexibility index (Phi) is 4.78. The number of rotatable bonds is 5. The zero-order valence-electron chi connectivity index (χ0n) is 12.5. The van der Waals surface area contributed by atoms with Crippen molar-refractivity contribution in [2.24, 2.45) is 5.73 Å². The molecular formula is C17H18N2O3. The molecule has 2 aromatic carbocycles. The number of hydrogen-bond donors (Lipinski definition) is 2. The monoisotopic (exact) mass is 298 g/mol. The minimum atomic E-state index is -0.694. The highest BCUT2D eigenvalue weighted by molar-refractivity contribution is 5.89. The lowest BCUT2D eigenvalue weighted by molar-refractivity contribution is -0.124. The summed E-state index contributed by atoms with van der Waals surface area (Å²) in [6.45, 7) is 3.07. The number of nitrogens with one attached hydrogen (secondary N) is 1. The van der Waals surface area contributed by atoms with Crippen molar-refractivity contribution in [2.45, 2.75) is 20.0 Å². The van der Waals surface area contributed by atoms with Gasteiger partial charge in [0.2, 0.25) is 5.91 Å². The van der Waals surface area contributed by atoms with E-state index in [2.05, 4.69) is 5.32 Å². The normalized spacial score (nSPS) is 11.5. The minimum absolute atomic E-state index is 0.121. The number of amides is 2. The molecule has 0 aliphatic heterocycles. The number of primary amides is 1. The number of carbonyl (C=O) groups is 2. The Morgan fingerprint density at radius 3 is 2.36 bits per heavy atom. The van der Waals surface area contributed by atoms with Crippen LogP contribution in [0.5, 0.6) is 5.75 Å². The van der Waals surface area contributed by atoms with Gasteiger partial charge in [-0.3, -0.25) is 9.59 Å². The van der Waals surface area contributed by atoms with Crippen molar-refractivity contribution in [3.05, 3.63) is 48.5 Å². The van der Waals surface area contributed by atoms with Gasteiger partial charge in [-0.2, -0.15) is 0 Å². The van der Waals surface area contributed by atoms with E-state index >= 15 is 0 Å². The molecule has 1 atom stereocenters. The van der Waals surface area contributed by atoms with Crippen LogP contribution in [0.1, 0.15) is 13.8 Å². The van der Waals surface area contributed by atoms with Crippen molar-refractivity contribution < 1.29 is 14.3 Å². The topological polar surface area (TPSA) is 81.4 Å². The molecule has 5 nitrogen and oxygen atoms in total. The highest BCUT2D eigenvalue weighted by atomic mass is 16.5. The summed E-state index contributed by atoms with van der Waals surface area (Å²) >= 11 is 0. The van der Waals surface area contributed by atoms with Crippen LogP contribution < -0.4 is 15.8 Å². The van der Waals surface area contributed by atoms with E-state index in [1.165, 1.54) is 6.92 Å². The molecule has 2 amide bonds. The summed E-state index contributed by atoms with van der Waals surface area (Å²) in [6, 6.07) is 14.8. The molecule has 2 rings (SSSR count). The van der Waals surface area contributed by atoms with Gasteiger partial charge in [0.05, 0.1) is 0 Å². The molecule has 0 aliphatic rings. The Morgan fingerprint density at radius 2 is 1.73 bits per heavy atom. The highest BCUT2D eigenvalue weighted by Crippen LogP contribution is 2.26. The molecule has 22 heavy (non-hydrogen) atoms. The van der Waals surface area contributed by atoms with Gasteiger partial charge in [-0.25, -0.2) is 0 Å². The number of ether oxygens (including phenoxy) is 1. The Bertz CT molecular complexity index is 698. The number of hydrogen-bond acceptors (Lipinski definition) is 3. The van der Waals surface area contributed by atoms with Crippen LogP contribution in [0.25, 0.3) is 11.1 Å². The van der Waals surface area contributed by atoms with Crippen LogP contribution in [-0.4, -0.2) is 17.9 Å². The van der Waals surface area contributed by atoms with Gasteiger partial charge in [0.1, 0.15) is 5.75 Å². The van der Waals surface area contributed by atoms with Crippen LogP contribution in [0.15, 0.2) is 48.5 Å². The van der Waals surface area contributed by atoms with Crippen molar-refractivity contribution in [2.75, 3.05) is 5.32 Å². The molecule has 0 spiro atoms. The molecule has 5 heteroatoms. The van der Waals surface area contributed by atoms with E-state index in [9.17, 15) is 9.59 Å². The number of anilines is 1. The van der Waals surface area contributed by atoms with E-state index in [1.807, 2.05) is 42.5 Å². The van der Waals surface area contributed by atoms with Gasteiger partial charge in [0.15, 0.2) is 6.10 Å². The fraction of sp³-hybridized carbons (Fsp3) is 0.176. The molecule has 0 saturated heterocycles. The molecule has 0 aromatic heterocycles. The fourth-order valence-corrected chi connectivity index (χ4v) is 1.99. The van der Waals surface area contributed by atoms with Crippen LogP contribution >= 0.6 is 0 Å². The SMILES string of the molecule is CC(=O)Nc1cccc(-c2cccc(O[C@@H](C)C(N)=O)c2)c1. The molecule has 0 heterocycles. The molecule has 0 saturated carbocycles. The average Bonchev–Trinajstić information content (AvgIpc) is 2.47. The smallest absolute Gasteiger partial charge is 0.258 e. The summed E-state index contributed by atoms with van der Waals surface area (Å²) in [6.07, 6.45) is -0.694. The Morgan fingerprint density at radius 1 is 1.09 bits per heavy atom. The molecule has 0 radical (unpaired) electrons. The number of benzene rings is 2. The lowest BCUT2D eigenvalue weighted by atomic mass is 10.0. The van der Waals surface area contributed by atoms with E-state index < -0.39 is 12.0 Å². The zero-order chi connectivity index (χ0) is 16.1. The Labute approximate surface area is 129 Å². The maximum absolute atomic E-state index is 11.1. The van der Waals surface area contributed by atoms with Crippen LogP contribution in [-0.2, 0) is 9.59 Å². The summed E-state index contributed by atoms with van der Waals surface area (Å²) < 4.78 is 5.49. The van der Waals surface area contributed by atoms with Gasteiger partial charge in [0, 0.05) is 12.6 Å². The van der Waals surface area contributed by atoms with Crippen molar-refractivity contribution in [1.82, 2.24) is 0 Å². The first kappa shape index (κ1) is 15.6. The molecule has 0 fully saturated rings. The van der Waals surface area contributed by atoms with Crippen molar-refractivity contribution in [3.63, 3.8) is 0 Å². The second-order valence-corrected chi connectivity index (χ2v) is 4.95. The zero-order valence-corrected chi connectivity index (χ0v) is 12.5. The average molecular weight is 298 g/mol. The van der Waals surface area contributed by atoms with Crippen LogP contribution in [0.2, 0.25) is 0 Å². The van der Waals surface area contributed by atoms with E-state index in [4.69, 9.17) is 10.5 Å². The first-order chi connectivity index (χ1) is 10.5. The van der Waals surface area contributed by atoms with Gasteiger partial charge < -0.3 is 15.8 Å². The first-order valence-corrected chi connectivity index (χ1v) is 6.90. The third kappa shape index (κ3) is 4.09. The summed E-state index contributed by atoms with van der Waals surface area (Å²) in [5.74, 6) is -0.0729. The maximum atomic E-state index is 11.1. The molecule has 0 unspecified atom stereocenters. The van der Waals surface area contributed by atoms with Crippen molar-refractivity contribution in [1.29, 1.82) is 0 Å². The predicted molar refractivity (Wildman–Crippen MR) is 85.5 cm³/mol. The standard InChI is InChI=1S/C17H18N2O3/c1-11(17(18)21)22-16-8-4-6-14(10-16)13-5-3-7-15(9-13)19-12(2)20/h3-11H,1-2H3,(H2,18,21)(H,19,20)/t11-/m0/s1. The van der Waals surface area contributed by atoms with E-state index in [0.29, 0.717) is 5.75 Å². The summed E-state index contributed by atoms with van der Waals surface area (Å²) in [7, 11) is 0. The first-order valence-electron chi connectivity index (χ1n) is 6.90. The lowest BCUT2D eigenvalue weighted by Crippen LogP contribution is -2.30. The molecule has 3 N–H and O–H groups in total. The summed E-state index contributed by atoms with van der Waals surface area (Å²) in [4.78, 5) is 22.2. The van der Waals surface area contributed by atoms with Crippen LogP contribution in [0, 0.1) is 0 Å². The Balaban J connectivity index is 2.25. The largest absolute Gasteiger partial charge is 0.481 e. The molecule has 114 valence electrons. The Hall–Kier alpha value is -2.82. The van der Waals surface area contributed by atoms with Gasteiger partial charge >= 0.3 is 0 Å². The third-order valence-electron chi connectivity index (χ3n) is 3.06. The quantitative estimate of drug-likeness (QED) is 0.890. The third-order valence-corrected chi connectivity index (χ3v) is 3.06. The number of carbonyl (C=O) groups excluding carboxylic acids is 2. The fourth-order valence-electron chi connectivity index (χ4n) is 1.99. The molecular weight excluding hydrogens is 280 g/mol. The van der Waals surface area contributed by atoms with E-state index in [1.54, 1.807) is 13.0 Å². The van der Waals surface area contributed by atoms with E-state index in [0.717, 1.165) is 16.8 Å². The summed E-state index contributed by atoms with van der Waals surface area (Å²) in [5, 5.41) is 2.75. The highest BCUT2D eigenvalue weighted by Gasteiger charge is 2.10. The maximum Gasteiger partial charge on any atom is 0.258 e. The number of nitrogens with two attached hydrogens (primary N) is 1.